The lowest BCUT2D eigenvalue weighted by Crippen LogP contribution is -2.66. The van der Waals surface area contributed by atoms with Crippen LogP contribution in [0.15, 0.2) is 182 Å². The highest BCUT2D eigenvalue weighted by molar-refractivity contribution is 5.18. The second kappa shape index (κ2) is 26.6. The fraction of sp³-hybridized carbons (Fsp3) is 0.357. The van der Waals surface area contributed by atoms with Crippen molar-refractivity contribution in [2.45, 2.75) is 101 Å². The molecule has 0 saturated carbocycles. The summed E-state index contributed by atoms with van der Waals surface area (Å²) in [6.45, 7) is 1.21. The Balaban J connectivity index is 1.17. The maximum atomic E-state index is 11.6. The summed E-state index contributed by atoms with van der Waals surface area (Å²) in [5.74, 6) is 0. The van der Waals surface area contributed by atoms with Crippen molar-refractivity contribution in [2.24, 2.45) is 0 Å². The number of aliphatic hydroxyl groups is 2. The van der Waals surface area contributed by atoms with Crippen molar-refractivity contribution >= 4 is 0 Å². The lowest BCUT2D eigenvalue weighted by molar-refractivity contribution is -0.374. The van der Waals surface area contributed by atoms with E-state index < -0.39 is 61.4 Å². The van der Waals surface area contributed by atoms with E-state index in [4.69, 9.17) is 47.4 Å². The third kappa shape index (κ3) is 14.4. The Bertz CT molecular complexity index is 2260. The fourth-order valence-corrected chi connectivity index (χ4v) is 8.39. The summed E-state index contributed by atoms with van der Waals surface area (Å²) in [5.41, 5.74) is 5.72. The predicted octanol–water partition coefficient (Wildman–Crippen LogP) is 7.97. The van der Waals surface area contributed by atoms with Gasteiger partial charge in [0.1, 0.15) is 48.8 Å². The first-order chi connectivity index (χ1) is 33.6. The van der Waals surface area contributed by atoms with Gasteiger partial charge < -0.3 is 57.6 Å². The van der Waals surface area contributed by atoms with Crippen LogP contribution in [0, 0.1) is 0 Å². The molecule has 2 aliphatic rings. The zero-order chi connectivity index (χ0) is 46.6. The van der Waals surface area contributed by atoms with Gasteiger partial charge in [-0.3, -0.25) is 0 Å². The summed E-state index contributed by atoms with van der Waals surface area (Å²) >= 11 is 0. The monoisotopic (exact) mass is 926 g/mol. The van der Waals surface area contributed by atoms with Crippen molar-refractivity contribution in [2.75, 3.05) is 26.4 Å². The summed E-state index contributed by atoms with van der Waals surface area (Å²) in [7, 11) is 0. The third-order valence-electron chi connectivity index (χ3n) is 11.8. The van der Waals surface area contributed by atoms with E-state index in [0.29, 0.717) is 6.61 Å². The van der Waals surface area contributed by atoms with E-state index in [1.165, 1.54) is 0 Å². The Kier molecular flexibility index (Phi) is 19.2. The second-order valence-corrected chi connectivity index (χ2v) is 16.8. The van der Waals surface area contributed by atoms with Gasteiger partial charge in [-0.1, -0.05) is 182 Å². The van der Waals surface area contributed by atoms with Crippen molar-refractivity contribution in [3.05, 3.63) is 215 Å². The molecule has 0 aliphatic carbocycles. The highest BCUT2D eigenvalue weighted by Gasteiger charge is 2.54. The first-order valence-electron chi connectivity index (χ1n) is 23.3. The highest BCUT2D eigenvalue weighted by Crippen LogP contribution is 2.36. The van der Waals surface area contributed by atoms with E-state index in [9.17, 15) is 10.2 Å². The van der Waals surface area contributed by atoms with Crippen LogP contribution in [0.25, 0.3) is 0 Å². The number of aliphatic hydroxyl groups excluding tert-OH is 2. The molecule has 6 aromatic rings. The molecule has 68 heavy (non-hydrogen) atoms. The van der Waals surface area contributed by atoms with Crippen molar-refractivity contribution in [1.82, 2.24) is 0 Å². The topological polar surface area (TPSA) is 133 Å². The normalized spacial score (nSPS) is 25.0. The van der Waals surface area contributed by atoms with E-state index in [0.717, 1.165) is 33.4 Å². The lowest BCUT2D eigenvalue weighted by atomic mass is 9.95. The van der Waals surface area contributed by atoms with Crippen LogP contribution >= 0.6 is 0 Å². The van der Waals surface area contributed by atoms with Crippen molar-refractivity contribution < 1.29 is 57.6 Å². The van der Waals surface area contributed by atoms with Gasteiger partial charge in [-0.15, -0.1) is 0 Å². The molecule has 0 amide bonds. The van der Waals surface area contributed by atoms with Crippen LogP contribution in [-0.4, -0.2) is 98.1 Å². The van der Waals surface area contributed by atoms with Crippen LogP contribution in [0.1, 0.15) is 33.4 Å². The van der Waals surface area contributed by atoms with E-state index in [2.05, 4.69) is 0 Å². The first-order valence-corrected chi connectivity index (χ1v) is 23.3. The number of ether oxygens (including phenoxy) is 10. The van der Waals surface area contributed by atoms with Gasteiger partial charge in [-0.25, -0.2) is 0 Å². The van der Waals surface area contributed by atoms with E-state index in [1.807, 2.05) is 182 Å². The molecular weight excluding hydrogens is 865 g/mol. The van der Waals surface area contributed by atoms with Crippen LogP contribution in [0.4, 0.5) is 0 Å². The molecule has 0 bridgehead atoms. The fourth-order valence-electron chi connectivity index (χ4n) is 8.39. The van der Waals surface area contributed by atoms with Gasteiger partial charge in [0.15, 0.2) is 12.6 Å². The van der Waals surface area contributed by atoms with E-state index in [1.54, 1.807) is 0 Å². The molecule has 12 nitrogen and oxygen atoms in total. The van der Waals surface area contributed by atoms with Crippen LogP contribution in [0.2, 0.25) is 0 Å². The molecule has 6 aromatic carbocycles. The minimum absolute atomic E-state index is 0.0111. The first kappa shape index (κ1) is 49.3. The molecule has 2 aliphatic heterocycles. The Morgan fingerprint density at radius 3 is 1.09 bits per heavy atom. The zero-order valence-electron chi connectivity index (χ0n) is 38.1. The summed E-state index contributed by atoms with van der Waals surface area (Å²) in [6, 6.07) is 59.2. The Morgan fingerprint density at radius 1 is 0.353 bits per heavy atom. The second-order valence-electron chi connectivity index (χ2n) is 16.8. The third-order valence-corrected chi connectivity index (χ3v) is 11.8. The lowest BCUT2D eigenvalue weighted by Gasteiger charge is -2.49. The number of hydrogen-bond donors (Lipinski definition) is 2. The van der Waals surface area contributed by atoms with Crippen LogP contribution in [0.3, 0.4) is 0 Å². The van der Waals surface area contributed by atoms with Crippen molar-refractivity contribution in [3.63, 3.8) is 0 Å². The average molecular weight is 927 g/mol. The number of benzene rings is 6. The molecule has 2 N–H and O–H groups in total. The van der Waals surface area contributed by atoms with Gasteiger partial charge in [-0.05, 0) is 33.4 Å². The molecule has 0 spiro atoms. The van der Waals surface area contributed by atoms with Crippen LogP contribution < -0.4 is 0 Å². The summed E-state index contributed by atoms with van der Waals surface area (Å²) in [6.07, 6.45) is -9.67. The largest absolute Gasteiger partial charge is 0.394 e. The summed E-state index contributed by atoms with van der Waals surface area (Å²) in [5, 5.41) is 21.6. The zero-order valence-corrected chi connectivity index (χ0v) is 38.1. The highest BCUT2D eigenvalue weighted by atomic mass is 16.8. The minimum Gasteiger partial charge on any atom is -0.394 e. The van der Waals surface area contributed by atoms with E-state index >= 15 is 0 Å². The Hall–Kier alpha value is -5.16. The molecule has 0 radical (unpaired) electrons. The van der Waals surface area contributed by atoms with Gasteiger partial charge in [0.25, 0.3) is 0 Å². The predicted molar refractivity (Wildman–Crippen MR) is 254 cm³/mol. The van der Waals surface area contributed by atoms with Crippen LogP contribution in [-0.2, 0) is 87.0 Å². The smallest absolute Gasteiger partial charge is 0.187 e. The molecule has 2 fully saturated rings. The molecule has 0 unspecified atom stereocenters. The molecular formula is C56H62O12. The van der Waals surface area contributed by atoms with Gasteiger partial charge in [0.2, 0.25) is 0 Å². The maximum Gasteiger partial charge on any atom is 0.187 e. The molecule has 8 rings (SSSR count). The number of rotatable bonds is 25. The van der Waals surface area contributed by atoms with Crippen LogP contribution in [0.5, 0.6) is 0 Å². The molecule has 2 saturated heterocycles. The Labute approximate surface area is 399 Å². The summed E-state index contributed by atoms with van der Waals surface area (Å²) < 4.78 is 67.2. The minimum atomic E-state index is -1.46. The maximum absolute atomic E-state index is 11.6. The SMILES string of the molecule is OCCO[C@@H]1[C@@H](OCc2ccccc2)[C@@H](O[C@H]2O[C@H](COCc3ccccc3)[C@H](OCc3ccccc3)[C@H](OCc3ccccc3)[C@H]2OCc2ccccc2)[C@@H](COCc2ccccc2)O[C@H]1O. The number of hydrogen-bond acceptors (Lipinski definition) is 12. The van der Waals surface area contributed by atoms with E-state index in [-0.39, 0.29) is 59.5 Å². The molecule has 10 atom stereocenters. The van der Waals surface area contributed by atoms with Gasteiger partial charge in [0, 0.05) is 0 Å². The van der Waals surface area contributed by atoms with Gasteiger partial charge >= 0.3 is 0 Å². The Morgan fingerprint density at radius 2 is 0.691 bits per heavy atom. The van der Waals surface area contributed by atoms with Crippen molar-refractivity contribution in [3.8, 4) is 0 Å². The molecule has 0 aromatic heterocycles. The molecule has 2 heterocycles. The summed E-state index contributed by atoms with van der Waals surface area (Å²) in [4.78, 5) is 0. The average Bonchev–Trinajstić information content (AvgIpc) is 3.39. The molecule has 12 heteroatoms. The van der Waals surface area contributed by atoms with Crippen molar-refractivity contribution in [1.29, 1.82) is 0 Å². The standard InChI is InChI=1S/C56H62O12/c57-31-32-61-53-52(64-37-45-27-15-5-16-28-45)50(48(66-55(53)58)40-60-34-42-21-9-2-10-22-42)68-56-54(65-38-46-29-17-6-18-30-46)51(63-36-44-25-13-4-14-26-44)49(62-35-43-23-11-3-12-24-43)47(67-56)39-59-33-41-19-7-1-8-20-41/h1-30,47-58H,31-40H2/t47-,48-,49+,50+,51+,52+,53-,54-,55-,56-/m1/s1. The quantitative estimate of drug-likeness (QED) is 0.0578. The van der Waals surface area contributed by atoms with Gasteiger partial charge in [-0.2, -0.15) is 0 Å². The molecule has 358 valence electrons. The van der Waals surface area contributed by atoms with Gasteiger partial charge in [0.05, 0.1) is 66.1 Å².